The lowest BCUT2D eigenvalue weighted by atomic mass is 10.1. The number of fused-ring (bicyclic) bond motifs is 1. The SMILES string of the molecule is C[C@H](NC(=O)CN1c2ccccc2C[C@@H]1C)c1ccc(F)cc1F. The molecule has 3 nitrogen and oxygen atoms in total. The number of carbonyl (C=O) groups excluding carboxylic acids is 1. The van der Waals surface area contributed by atoms with E-state index in [0.717, 1.165) is 18.2 Å². The third-order valence-electron chi connectivity index (χ3n) is 4.47. The topological polar surface area (TPSA) is 32.3 Å². The van der Waals surface area contributed by atoms with E-state index in [2.05, 4.69) is 23.2 Å². The monoisotopic (exact) mass is 330 g/mol. The molecule has 1 aliphatic rings. The Bertz CT molecular complexity index is 763. The largest absolute Gasteiger partial charge is 0.359 e. The molecule has 1 amide bonds. The summed E-state index contributed by atoms with van der Waals surface area (Å²) in [5, 5.41) is 2.79. The Labute approximate surface area is 140 Å². The van der Waals surface area contributed by atoms with Gasteiger partial charge in [-0.2, -0.15) is 0 Å². The summed E-state index contributed by atoms with van der Waals surface area (Å²) in [7, 11) is 0. The Morgan fingerprint density at radius 3 is 2.79 bits per heavy atom. The Kier molecular flexibility index (Phi) is 4.51. The number of halogens is 2. The molecule has 0 unspecified atom stereocenters. The van der Waals surface area contributed by atoms with Crippen molar-refractivity contribution in [3.8, 4) is 0 Å². The van der Waals surface area contributed by atoms with Gasteiger partial charge in [-0.05, 0) is 38.0 Å². The molecule has 1 aliphatic heterocycles. The quantitative estimate of drug-likeness (QED) is 0.929. The minimum absolute atomic E-state index is 0.185. The molecule has 0 bridgehead atoms. The normalized spacial score (nSPS) is 17.5. The van der Waals surface area contributed by atoms with Gasteiger partial charge in [-0.3, -0.25) is 4.79 Å². The van der Waals surface area contributed by atoms with Crippen molar-refractivity contribution in [3.05, 3.63) is 65.2 Å². The molecule has 0 aliphatic carbocycles. The second-order valence-electron chi connectivity index (χ2n) is 6.26. The summed E-state index contributed by atoms with van der Waals surface area (Å²) in [4.78, 5) is 14.4. The fraction of sp³-hybridized carbons (Fsp3) is 0.316. The fourth-order valence-corrected chi connectivity index (χ4v) is 3.24. The van der Waals surface area contributed by atoms with Crippen LogP contribution in [0.3, 0.4) is 0 Å². The van der Waals surface area contributed by atoms with E-state index in [-0.39, 0.29) is 24.1 Å². The van der Waals surface area contributed by atoms with Gasteiger partial charge in [-0.15, -0.1) is 0 Å². The molecule has 1 N–H and O–H groups in total. The maximum absolute atomic E-state index is 13.8. The number of nitrogens with one attached hydrogen (secondary N) is 1. The second kappa shape index (κ2) is 6.59. The molecule has 0 radical (unpaired) electrons. The lowest BCUT2D eigenvalue weighted by Gasteiger charge is -2.25. The van der Waals surface area contributed by atoms with Crippen LogP contribution in [0.2, 0.25) is 0 Å². The maximum atomic E-state index is 13.8. The highest BCUT2D eigenvalue weighted by atomic mass is 19.1. The average molecular weight is 330 g/mol. The maximum Gasteiger partial charge on any atom is 0.240 e. The van der Waals surface area contributed by atoms with E-state index in [4.69, 9.17) is 0 Å². The molecule has 0 saturated carbocycles. The third kappa shape index (κ3) is 3.25. The molecule has 5 heteroatoms. The van der Waals surface area contributed by atoms with Crippen LogP contribution in [0.25, 0.3) is 0 Å². The highest BCUT2D eigenvalue weighted by Crippen LogP contribution is 2.31. The molecule has 0 saturated heterocycles. The summed E-state index contributed by atoms with van der Waals surface area (Å²) in [6.45, 7) is 3.98. The minimum atomic E-state index is -0.650. The average Bonchev–Trinajstić information content (AvgIpc) is 2.83. The first-order chi connectivity index (χ1) is 11.5. The van der Waals surface area contributed by atoms with Gasteiger partial charge in [0.15, 0.2) is 0 Å². The standard InChI is InChI=1S/C19H20F2N2O/c1-12-9-14-5-3-4-6-18(14)23(12)11-19(24)22-13(2)16-8-7-15(20)10-17(16)21/h3-8,10,12-13H,9,11H2,1-2H3,(H,22,24)/t12-,13-/m0/s1. The van der Waals surface area contributed by atoms with Gasteiger partial charge in [0.05, 0.1) is 12.6 Å². The zero-order valence-corrected chi connectivity index (χ0v) is 13.7. The van der Waals surface area contributed by atoms with E-state index in [1.165, 1.54) is 17.7 Å². The van der Waals surface area contributed by atoms with Gasteiger partial charge in [0.2, 0.25) is 5.91 Å². The van der Waals surface area contributed by atoms with E-state index in [0.29, 0.717) is 0 Å². The van der Waals surface area contributed by atoms with E-state index in [1.807, 2.05) is 18.2 Å². The van der Waals surface area contributed by atoms with Crippen molar-refractivity contribution in [2.75, 3.05) is 11.4 Å². The molecular formula is C19H20F2N2O. The van der Waals surface area contributed by atoms with Crippen molar-refractivity contribution in [1.29, 1.82) is 0 Å². The molecule has 2 aromatic carbocycles. The van der Waals surface area contributed by atoms with Gasteiger partial charge in [-0.1, -0.05) is 24.3 Å². The van der Waals surface area contributed by atoms with Crippen LogP contribution in [-0.2, 0) is 11.2 Å². The number of para-hydroxylation sites is 1. The number of hydrogen-bond donors (Lipinski definition) is 1. The molecule has 0 spiro atoms. The van der Waals surface area contributed by atoms with Crippen molar-refractivity contribution < 1.29 is 13.6 Å². The summed E-state index contributed by atoms with van der Waals surface area (Å²) in [6, 6.07) is 11.1. The molecule has 3 rings (SSSR count). The minimum Gasteiger partial charge on any atom is -0.359 e. The Balaban J connectivity index is 1.67. The summed E-state index contributed by atoms with van der Waals surface area (Å²) < 4.78 is 26.8. The van der Waals surface area contributed by atoms with Crippen LogP contribution in [-0.4, -0.2) is 18.5 Å². The first kappa shape index (κ1) is 16.4. The molecule has 0 fully saturated rings. The highest BCUT2D eigenvalue weighted by molar-refractivity contribution is 5.83. The summed E-state index contributed by atoms with van der Waals surface area (Å²) in [6.07, 6.45) is 0.908. The smallest absolute Gasteiger partial charge is 0.240 e. The molecule has 24 heavy (non-hydrogen) atoms. The summed E-state index contributed by atoms with van der Waals surface area (Å²) in [5.74, 6) is -1.46. The van der Waals surface area contributed by atoms with Crippen molar-refractivity contribution in [2.45, 2.75) is 32.4 Å². The zero-order chi connectivity index (χ0) is 17.3. The molecular weight excluding hydrogens is 310 g/mol. The summed E-state index contributed by atoms with van der Waals surface area (Å²) >= 11 is 0. The Morgan fingerprint density at radius 1 is 1.29 bits per heavy atom. The third-order valence-corrected chi connectivity index (χ3v) is 4.47. The van der Waals surface area contributed by atoms with Crippen molar-refractivity contribution in [1.82, 2.24) is 5.32 Å². The Hall–Kier alpha value is -2.43. The van der Waals surface area contributed by atoms with Gasteiger partial charge >= 0.3 is 0 Å². The second-order valence-corrected chi connectivity index (χ2v) is 6.26. The number of rotatable bonds is 4. The molecule has 0 aromatic heterocycles. The van der Waals surface area contributed by atoms with Crippen LogP contribution in [0.5, 0.6) is 0 Å². The van der Waals surface area contributed by atoms with Gasteiger partial charge in [-0.25, -0.2) is 8.78 Å². The number of anilines is 1. The highest BCUT2D eigenvalue weighted by Gasteiger charge is 2.27. The lowest BCUT2D eigenvalue weighted by Crippen LogP contribution is -2.41. The van der Waals surface area contributed by atoms with E-state index in [1.54, 1.807) is 6.92 Å². The van der Waals surface area contributed by atoms with Crippen LogP contribution < -0.4 is 10.2 Å². The van der Waals surface area contributed by atoms with Crippen LogP contribution >= 0.6 is 0 Å². The van der Waals surface area contributed by atoms with E-state index in [9.17, 15) is 13.6 Å². The van der Waals surface area contributed by atoms with Crippen LogP contribution in [0.4, 0.5) is 14.5 Å². The van der Waals surface area contributed by atoms with Crippen LogP contribution in [0, 0.1) is 11.6 Å². The van der Waals surface area contributed by atoms with Crippen LogP contribution in [0.1, 0.15) is 31.0 Å². The predicted molar refractivity (Wildman–Crippen MR) is 89.9 cm³/mol. The molecule has 126 valence electrons. The summed E-state index contributed by atoms with van der Waals surface area (Å²) in [5.41, 5.74) is 2.58. The van der Waals surface area contributed by atoms with Crippen molar-refractivity contribution in [2.24, 2.45) is 0 Å². The van der Waals surface area contributed by atoms with E-state index >= 15 is 0 Å². The number of benzene rings is 2. The van der Waals surface area contributed by atoms with Crippen molar-refractivity contribution >= 4 is 11.6 Å². The predicted octanol–water partition coefficient (Wildman–Crippen LogP) is 3.59. The number of hydrogen-bond acceptors (Lipinski definition) is 2. The fourth-order valence-electron chi connectivity index (χ4n) is 3.24. The van der Waals surface area contributed by atoms with Crippen LogP contribution in [0.15, 0.2) is 42.5 Å². The van der Waals surface area contributed by atoms with Crippen molar-refractivity contribution in [3.63, 3.8) is 0 Å². The Morgan fingerprint density at radius 2 is 2.04 bits per heavy atom. The molecule has 2 atom stereocenters. The van der Waals surface area contributed by atoms with Gasteiger partial charge in [0.25, 0.3) is 0 Å². The number of nitrogens with zero attached hydrogens (tertiary/aromatic N) is 1. The first-order valence-electron chi connectivity index (χ1n) is 8.04. The van der Waals surface area contributed by atoms with Gasteiger partial charge < -0.3 is 10.2 Å². The molecule has 1 heterocycles. The van der Waals surface area contributed by atoms with Gasteiger partial charge in [0.1, 0.15) is 11.6 Å². The van der Waals surface area contributed by atoms with Gasteiger partial charge in [0, 0.05) is 23.4 Å². The zero-order valence-electron chi connectivity index (χ0n) is 13.7. The number of amides is 1. The number of carbonyl (C=O) groups is 1. The lowest BCUT2D eigenvalue weighted by molar-refractivity contribution is -0.120. The molecule has 2 aromatic rings. The first-order valence-corrected chi connectivity index (χ1v) is 8.04. The van der Waals surface area contributed by atoms with E-state index < -0.39 is 17.7 Å².